The first kappa shape index (κ1) is 14.5. The Labute approximate surface area is 104 Å². The van der Waals surface area contributed by atoms with E-state index in [0.717, 1.165) is 13.0 Å². The van der Waals surface area contributed by atoms with Crippen LogP contribution in [0.2, 0.25) is 0 Å². The third kappa shape index (κ3) is 6.03. The minimum Gasteiger partial charge on any atom is -0.385 e. The quantitative estimate of drug-likeness (QED) is 0.568. The molecule has 1 aliphatic rings. The number of carbonyl (C=O) groups excluding carboxylic acids is 1. The molecule has 1 fully saturated rings. The topological polar surface area (TPSA) is 50.4 Å². The van der Waals surface area contributed by atoms with Gasteiger partial charge in [0.15, 0.2) is 0 Å². The molecule has 100 valence electrons. The third-order valence-corrected chi connectivity index (χ3v) is 3.37. The Morgan fingerprint density at radius 2 is 2.18 bits per heavy atom. The summed E-state index contributed by atoms with van der Waals surface area (Å²) < 4.78 is 4.92. The second-order valence-electron chi connectivity index (χ2n) is 5.05. The molecule has 4 heteroatoms. The number of ether oxygens (including phenoxy) is 1. The molecule has 1 saturated carbocycles. The minimum atomic E-state index is 0.0911. The predicted octanol–water partition coefficient (Wildman–Crippen LogP) is 1.31. The molecule has 0 spiro atoms. The van der Waals surface area contributed by atoms with Crippen LogP contribution in [0.4, 0.5) is 0 Å². The van der Waals surface area contributed by atoms with E-state index in [4.69, 9.17) is 4.74 Å². The first-order valence-corrected chi connectivity index (χ1v) is 6.69. The van der Waals surface area contributed by atoms with Crippen molar-refractivity contribution in [1.82, 2.24) is 10.6 Å². The molecule has 0 aromatic heterocycles. The van der Waals surface area contributed by atoms with Gasteiger partial charge in [0.2, 0.25) is 5.91 Å². The van der Waals surface area contributed by atoms with Crippen molar-refractivity contribution in [2.75, 3.05) is 33.4 Å². The first-order chi connectivity index (χ1) is 8.22. The fourth-order valence-corrected chi connectivity index (χ4v) is 2.17. The van der Waals surface area contributed by atoms with Crippen LogP contribution < -0.4 is 10.6 Å². The Kier molecular flexibility index (Phi) is 6.52. The summed E-state index contributed by atoms with van der Waals surface area (Å²) in [5.74, 6) is 0.0911. The number of amides is 1. The van der Waals surface area contributed by atoms with E-state index in [1.807, 2.05) is 0 Å². The number of nitrogens with one attached hydrogen (secondary N) is 2. The molecule has 0 atom stereocenters. The molecule has 0 aromatic carbocycles. The second-order valence-corrected chi connectivity index (χ2v) is 5.05. The third-order valence-electron chi connectivity index (χ3n) is 3.37. The van der Waals surface area contributed by atoms with E-state index in [1.54, 1.807) is 7.11 Å². The molecule has 4 nitrogen and oxygen atoms in total. The molecule has 0 unspecified atom stereocenters. The molecule has 0 aromatic rings. The molecule has 0 bridgehead atoms. The van der Waals surface area contributed by atoms with Crippen LogP contribution >= 0.6 is 0 Å². The Balaban J connectivity index is 1.97. The maximum Gasteiger partial charge on any atom is 0.233 e. The monoisotopic (exact) mass is 242 g/mol. The SMILES string of the molecule is CCCC1(CNCC(=O)NCCCOC)CC1. The van der Waals surface area contributed by atoms with E-state index < -0.39 is 0 Å². The van der Waals surface area contributed by atoms with Gasteiger partial charge in [-0.2, -0.15) is 0 Å². The van der Waals surface area contributed by atoms with Crippen molar-refractivity contribution in [3.05, 3.63) is 0 Å². The van der Waals surface area contributed by atoms with Gasteiger partial charge in [-0.1, -0.05) is 13.3 Å². The molecular formula is C13H26N2O2. The highest BCUT2D eigenvalue weighted by Gasteiger charge is 2.40. The zero-order valence-electron chi connectivity index (χ0n) is 11.2. The van der Waals surface area contributed by atoms with Gasteiger partial charge in [-0.05, 0) is 31.1 Å². The molecule has 2 N–H and O–H groups in total. The van der Waals surface area contributed by atoms with Gasteiger partial charge in [0, 0.05) is 26.8 Å². The predicted molar refractivity (Wildman–Crippen MR) is 68.9 cm³/mol. The maximum atomic E-state index is 11.5. The number of carbonyl (C=O) groups is 1. The lowest BCUT2D eigenvalue weighted by atomic mass is 10.0. The van der Waals surface area contributed by atoms with E-state index in [0.29, 0.717) is 25.1 Å². The van der Waals surface area contributed by atoms with Gasteiger partial charge in [-0.3, -0.25) is 4.79 Å². The van der Waals surface area contributed by atoms with E-state index in [2.05, 4.69) is 17.6 Å². The largest absolute Gasteiger partial charge is 0.385 e. The van der Waals surface area contributed by atoms with Crippen molar-refractivity contribution in [3.8, 4) is 0 Å². The number of hydrogen-bond acceptors (Lipinski definition) is 3. The van der Waals surface area contributed by atoms with Gasteiger partial charge < -0.3 is 15.4 Å². The Hall–Kier alpha value is -0.610. The second kappa shape index (κ2) is 7.67. The molecule has 0 aliphatic heterocycles. The van der Waals surface area contributed by atoms with Crippen LogP contribution in [0.25, 0.3) is 0 Å². The molecule has 0 heterocycles. The molecule has 1 amide bonds. The average molecular weight is 242 g/mol. The highest BCUT2D eigenvalue weighted by Crippen LogP contribution is 2.48. The van der Waals surface area contributed by atoms with Crippen LogP contribution in [0, 0.1) is 5.41 Å². The van der Waals surface area contributed by atoms with Crippen molar-refractivity contribution >= 4 is 5.91 Å². The van der Waals surface area contributed by atoms with Crippen molar-refractivity contribution in [1.29, 1.82) is 0 Å². The van der Waals surface area contributed by atoms with Gasteiger partial charge in [0.1, 0.15) is 0 Å². The lowest BCUT2D eigenvalue weighted by Gasteiger charge is -2.14. The number of hydrogen-bond donors (Lipinski definition) is 2. The summed E-state index contributed by atoms with van der Waals surface area (Å²) in [6.45, 7) is 5.06. The summed E-state index contributed by atoms with van der Waals surface area (Å²) in [4.78, 5) is 11.5. The summed E-state index contributed by atoms with van der Waals surface area (Å²) in [6, 6.07) is 0. The Morgan fingerprint density at radius 3 is 2.76 bits per heavy atom. The average Bonchev–Trinajstić information content (AvgIpc) is 3.05. The zero-order valence-corrected chi connectivity index (χ0v) is 11.2. The van der Waals surface area contributed by atoms with Crippen molar-refractivity contribution in [2.45, 2.75) is 39.0 Å². The lowest BCUT2D eigenvalue weighted by molar-refractivity contribution is -0.120. The van der Waals surface area contributed by atoms with Crippen LogP contribution in [-0.2, 0) is 9.53 Å². The fourth-order valence-electron chi connectivity index (χ4n) is 2.17. The standard InChI is InChI=1S/C13H26N2O2/c1-3-5-13(6-7-13)11-14-10-12(16)15-8-4-9-17-2/h14H,3-11H2,1-2H3,(H,15,16). The summed E-state index contributed by atoms with van der Waals surface area (Å²) in [5.41, 5.74) is 0.519. The van der Waals surface area contributed by atoms with Crippen molar-refractivity contribution < 1.29 is 9.53 Å². The molecule has 17 heavy (non-hydrogen) atoms. The van der Waals surface area contributed by atoms with Crippen LogP contribution in [0.5, 0.6) is 0 Å². The number of rotatable bonds is 10. The van der Waals surface area contributed by atoms with Crippen LogP contribution in [0.15, 0.2) is 0 Å². The van der Waals surface area contributed by atoms with Crippen LogP contribution in [-0.4, -0.2) is 39.3 Å². The normalized spacial score (nSPS) is 16.8. The molecule has 1 rings (SSSR count). The van der Waals surface area contributed by atoms with Gasteiger partial charge in [-0.25, -0.2) is 0 Å². The van der Waals surface area contributed by atoms with Gasteiger partial charge in [0.25, 0.3) is 0 Å². The number of methoxy groups -OCH3 is 1. The van der Waals surface area contributed by atoms with Crippen LogP contribution in [0.1, 0.15) is 39.0 Å². The van der Waals surface area contributed by atoms with Gasteiger partial charge >= 0.3 is 0 Å². The maximum absolute atomic E-state index is 11.5. The first-order valence-electron chi connectivity index (χ1n) is 6.69. The minimum absolute atomic E-state index is 0.0911. The van der Waals surface area contributed by atoms with Crippen molar-refractivity contribution in [3.63, 3.8) is 0 Å². The lowest BCUT2D eigenvalue weighted by Crippen LogP contribution is -2.37. The Morgan fingerprint density at radius 1 is 1.41 bits per heavy atom. The van der Waals surface area contributed by atoms with E-state index in [1.165, 1.54) is 25.7 Å². The van der Waals surface area contributed by atoms with E-state index in [9.17, 15) is 4.79 Å². The molecule has 1 aliphatic carbocycles. The molecule has 0 radical (unpaired) electrons. The Bertz CT molecular complexity index is 227. The molecular weight excluding hydrogens is 216 g/mol. The van der Waals surface area contributed by atoms with E-state index in [-0.39, 0.29) is 5.91 Å². The fraction of sp³-hybridized carbons (Fsp3) is 0.923. The summed E-state index contributed by atoms with van der Waals surface area (Å²) in [5, 5.41) is 6.15. The smallest absolute Gasteiger partial charge is 0.233 e. The summed E-state index contributed by atoms with van der Waals surface area (Å²) >= 11 is 0. The summed E-state index contributed by atoms with van der Waals surface area (Å²) in [7, 11) is 1.67. The van der Waals surface area contributed by atoms with Gasteiger partial charge in [-0.15, -0.1) is 0 Å². The zero-order chi connectivity index (χ0) is 12.6. The van der Waals surface area contributed by atoms with Crippen LogP contribution in [0.3, 0.4) is 0 Å². The van der Waals surface area contributed by atoms with E-state index >= 15 is 0 Å². The van der Waals surface area contributed by atoms with Crippen molar-refractivity contribution in [2.24, 2.45) is 5.41 Å². The van der Waals surface area contributed by atoms with Gasteiger partial charge in [0.05, 0.1) is 6.54 Å². The highest BCUT2D eigenvalue weighted by molar-refractivity contribution is 5.77. The molecule has 0 saturated heterocycles. The highest BCUT2D eigenvalue weighted by atomic mass is 16.5. The summed E-state index contributed by atoms with van der Waals surface area (Å²) in [6.07, 6.45) is 6.05.